The Kier molecular flexibility index (Phi) is 4.84. The van der Waals surface area contributed by atoms with Gasteiger partial charge in [0, 0.05) is 24.7 Å². The van der Waals surface area contributed by atoms with E-state index in [-0.39, 0.29) is 12.5 Å². The largest absolute Gasteiger partial charge is 0.456 e. The van der Waals surface area contributed by atoms with Gasteiger partial charge in [-0.1, -0.05) is 0 Å². The second-order valence-electron chi connectivity index (χ2n) is 6.60. The average Bonchev–Trinajstić information content (AvgIpc) is 2.45. The summed E-state index contributed by atoms with van der Waals surface area (Å²) in [5, 5.41) is 0. The van der Waals surface area contributed by atoms with Crippen molar-refractivity contribution in [3.8, 4) is 0 Å². The van der Waals surface area contributed by atoms with Gasteiger partial charge in [0.05, 0.1) is 5.56 Å². The Morgan fingerprint density at radius 3 is 2.45 bits per heavy atom. The maximum atomic E-state index is 13.8. The van der Waals surface area contributed by atoms with Crippen LogP contribution in [0.5, 0.6) is 0 Å². The molecule has 5 heteroatoms. The van der Waals surface area contributed by atoms with E-state index in [2.05, 4.69) is 0 Å². The molecule has 1 aliphatic heterocycles. The highest BCUT2D eigenvalue weighted by Gasteiger charge is 2.29. The Morgan fingerprint density at radius 1 is 1.32 bits per heavy atom. The van der Waals surface area contributed by atoms with E-state index in [1.165, 1.54) is 0 Å². The molecule has 1 heterocycles. The fourth-order valence-corrected chi connectivity index (χ4v) is 2.46. The van der Waals surface area contributed by atoms with Crippen molar-refractivity contribution >= 4 is 17.9 Å². The van der Waals surface area contributed by atoms with Crippen LogP contribution in [0.15, 0.2) is 24.3 Å². The van der Waals surface area contributed by atoms with E-state index in [1.54, 1.807) is 24.3 Å². The van der Waals surface area contributed by atoms with E-state index < -0.39 is 17.7 Å². The molecule has 0 radical (unpaired) electrons. The maximum absolute atomic E-state index is 13.8. The first-order valence-corrected chi connectivity index (χ1v) is 7.48. The lowest BCUT2D eigenvalue weighted by Crippen LogP contribution is -2.42. The van der Waals surface area contributed by atoms with Crippen molar-refractivity contribution in [1.82, 2.24) is 0 Å². The molecular weight excluding hydrogens is 285 g/mol. The molecule has 2 unspecified atom stereocenters. The van der Waals surface area contributed by atoms with Crippen molar-refractivity contribution in [2.24, 2.45) is 5.92 Å². The summed E-state index contributed by atoms with van der Waals surface area (Å²) >= 11 is 0. The molecule has 1 fully saturated rings. The number of hydrogen-bond donors (Lipinski definition) is 0. The van der Waals surface area contributed by atoms with Gasteiger partial charge in [-0.15, -0.1) is 0 Å². The molecule has 0 spiro atoms. The molecule has 1 aromatic rings. The highest BCUT2D eigenvalue weighted by Crippen LogP contribution is 2.25. The summed E-state index contributed by atoms with van der Waals surface area (Å²) in [6.45, 7) is 6.29. The predicted molar refractivity (Wildman–Crippen MR) is 82.9 cm³/mol. The molecule has 0 bridgehead atoms. The summed E-state index contributed by atoms with van der Waals surface area (Å²) in [4.78, 5) is 24.6. The molecule has 0 aliphatic carbocycles. The van der Waals surface area contributed by atoms with E-state index in [1.807, 2.05) is 25.7 Å². The minimum Gasteiger partial charge on any atom is -0.456 e. The van der Waals surface area contributed by atoms with Gasteiger partial charge in [0.1, 0.15) is 18.1 Å². The monoisotopic (exact) mass is 307 g/mol. The third-order valence-electron chi connectivity index (χ3n) is 3.63. The number of hydrogen-bond acceptors (Lipinski definition) is 4. The number of nitrogens with zero attached hydrogens (tertiary/aromatic N) is 1. The molecule has 2 rings (SSSR count). The average molecular weight is 307 g/mol. The van der Waals surface area contributed by atoms with Gasteiger partial charge in [0.2, 0.25) is 0 Å². The van der Waals surface area contributed by atoms with Crippen LogP contribution in [0.2, 0.25) is 0 Å². The summed E-state index contributed by atoms with van der Waals surface area (Å²) in [6, 6.07) is 6.94. The van der Waals surface area contributed by atoms with Crippen molar-refractivity contribution in [2.45, 2.75) is 39.0 Å². The van der Waals surface area contributed by atoms with Crippen LogP contribution in [0.1, 0.15) is 37.6 Å². The third-order valence-corrected chi connectivity index (χ3v) is 3.63. The number of benzene rings is 1. The van der Waals surface area contributed by atoms with Gasteiger partial charge >= 0.3 is 5.97 Å². The number of alkyl halides is 1. The summed E-state index contributed by atoms with van der Waals surface area (Å²) in [5.74, 6) is -0.876. The van der Waals surface area contributed by atoms with Gasteiger partial charge in [0.25, 0.3) is 0 Å². The van der Waals surface area contributed by atoms with Crippen LogP contribution in [0.4, 0.5) is 10.1 Å². The lowest BCUT2D eigenvalue weighted by Gasteiger charge is -2.34. The second kappa shape index (κ2) is 6.46. The van der Waals surface area contributed by atoms with Crippen LogP contribution >= 0.6 is 0 Å². The molecule has 2 atom stereocenters. The minimum atomic E-state index is -1.14. The topological polar surface area (TPSA) is 46.6 Å². The molecule has 4 nitrogen and oxygen atoms in total. The zero-order valence-electron chi connectivity index (χ0n) is 13.2. The molecule has 22 heavy (non-hydrogen) atoms. The van der Waals surface area contributed by atoms with Crippen molar-refractivity contribution in [3.05, 3.63) is 29.8 Å². The molecule has 1 aliphatic rings. The minimum absolute atomic E-state index is 0.204. The first kappa shape index (κ1) is 16.5. The number of anilines is 1. The van der Waals surface area contributed by atoms with Crippen molar-refractivity contribution in [2.75, 3.05) is 18.0 Å². The lowest BCUT2D eigenvalue weighted by molar-refractivity contribution is -0.113. The Balaban J connectivity index is 2.03. The van der Waals surface area contributed by atoms with Crippen molar-refractivity contribution < 1.29 is 18.7 Å². The predicted octanol–water partition coefficient (Wildman–Crippen LogP) is 3.01. The summed E-state index contributed by atoms with van der Waals surface area (Å²) in [7, 11) is 0. The molecule has 1 aromatic carbocycles. The molecule has 120 valence electrons. The molecule has 1 saturated heterocycles. The van der Waals surface area contributed by atoms with Gasteiger partial charge in [-0.2, -0.15) is 0 Å². The van der Waals surface area contributed by atoms with E-state index in [0.717, 1.165) is 5.69 Å². The number of aldehydes is 1. The van der Waals surface area contributed by atoms with E-state index >= 15 is 0 Å². The number of ether oxygens (including phenoxy) is 1. The van der Waals surface area contributed by atoms with Crippen molar-refractivity contribution in [1.29, 1.82) is 0 Å². The molecular formula is C17H22FNO3. The Labute approximate surface area is 130 Å². The zero-order chi connectivity index (χ0) is 16.3. The van der Waals surface area contributed by atoms with Crippen LogP contribution in [0, 0.1) is 5.92 Å². The highest BCUT2D eigenvalue weighted by atomic mass is 19.1. The first-order chi connectivity index (χ1) is 10.3. The zero-order valence-corrected chi connectivity index (χ0v) is 13.2. The van der Waals surface area contributed by atoms with E-state index in [9.17, 15) is 14.0 Å². The molecule has 0 N–H and O–H groups in total. The van der Waals surface area contributed by atoms with E-state index in [4.69, 9.17) is 4.74 Å². The SMILES string of the molecule is CC(C)(C)OC(=O)c1ccc(N2CCC(C=O)C(F)C2)cc1. The number of halogens is 1. The Morgan fingerprint density at radius 2 is 1.95 bits per heavy atom. The number of esters is 1. The Hall–Kier alpha value is -1.91. The van der Waals surface area contributed by atoms with Crippen LogP contribution in [-0.4, -0.2) is 37.1 Å². The number of rotatable bonds is 3. The number of carbonyl (C=O) groups excluding carboxylic acids is 2. The van der Waals surface area contributed by atoms with Gasteiger partial charge in [0.15, 0.2) is 0 Å². The van der Waals surface area contributed by atoms with Crippen LogP contribution in [0.25, 0.3) is 0 Å². The summed E-state index contributed by atoms with van der Waals surface area (Å²) in [5.41, 5.74) is 0.783. The second-order valence-corrected chi connectivity index (χ2v) is 6.60. The number of piperidine rings is 1. The normalized spacial score (nSPS) is 22.3. The van der Waals surface area contributed by atoms with Crippen LogP contribution in [0.3, 0.4) is 0 Å². The van der Waals surface area contributed by atoms with Gasteiger partial charge in [-0.3, -0.25) is 0 Å². The smallest absolute Gasteiger partial charge is 0.338 e. The first-order valence-electron chi connectivity index (χ1n) is 7.48. The van der Waals surface area contributed by atoms with E-state index in [0.29, 0.717) is 24.8 Å². The fraction of sp³-hybridized carbons (Fsp3) is 0.529. The summed E-state index contributed by atoms with van der Waals surface area (Å²) in [6.07, 6.45) is 0.0725. The fourth-order valence-electron chi connectivity index (χ4n) is 2.46. The van der Waals surface area contributed by atoms with Gasteiger partial charge in [-0.25, -0.2) is 9.18 Å². The maximum Gasteiger partial charge on any atom is 0.338 e. The molecule has 0 aromatic heterocycles. The Bertz CT molecular complexity index is 536. The quantitative estimate of drug-likeness (QED) is 0.636. The van der Waals surface area contributed by atoms with Gasteiger partial charge in [-0.05, 0) is 51.5 Å². The molecule has 0 amide bonds. The standard InChI is InChI=1S/C17H22FNO3/c1-17(2,3)22-16(21)12-4-6-14(7-5-12)19-9-8-13(11-20)15(18)10-19/h4-7,11,13,15H,8-10H2,1-3H3. The lowest BCUT2D eigenvalue weighted by atomic mass is 9.96. The summed E-state index contributed by atoms with van der Waals surface area (Å²) < 4.78 is 19.1. The van der Waals surface area contributed by atoms with Crippen molar-refractivity contribution in [3.63, 3.8) is 0 Å². The third kappa shape index (κ3) is 4.06. The van der Waals surface area contributed by atoms with Crippen LogP contribution < -0.4 is 4.90 Å². The van der Waals surface area contributed by atoms with Gasteiger partial charge < -0.3 is 14.4 Å². The van der Waals surface area contributed by atoms with Crippen LogP contribution in [-0.2, 0) is 9.53 Å². The number of carbonyl (C=O) groups is 2. The highest BCUT2D eigenvalue weighted by molar-refractivity contribution is 5.90. The molecule has 0 saturated carbocycles.